The van der Waals surface area contributed by atoms with Crippen LogP contribution in [0.15, 0.2) is 41.6 Å². The number of thioether (sulfide) groups is 1. The normalized spacial score (nSPS) is 10.9. The summed E-state index contributed by atoms with van der Waals surface area (Å²) in [4.78, 5) is 29.3. The van der Waals surface area contributed by atoms with E-state index in [0.717, 1.165) is 46.0 Å². The standard InChI is InChI=1S/C23H27N3O3S/c1-5-16-10-8-9-15(4)21(16)25-20(27)14-30-23-24-18-13-17(22(28)29-7-3)11-12-19(18)26(23)6-2/h8-13H,5-7,14H2,1-4H3,(H,25,27). The van der Waals surface area contributed by atoms with E-state index in [2.05, 4.69) is 17.2 Å². The molecule has 0 atom stereocenters. The maximum absolute atomic E-state index is 12.6. The second-order valence-electron chi connectivity index (χ2n) is 6.86. The van der Waals surface area contributed by atoms with Gasteiger partial charge in [0, 0.05) is 12.2 Å². The van der Waals surface area contributed by atoms with Gasteiger partial charge in [-0.25, -0.2) is 9.78 Å². The van der Waals surface area contributed by atoms with Gasteiger partial charge in [-0.1, -0.05) is 36.9 Å². The number of para-hydroxylation sites is 1. The summed E-state index contributed by atoms with van der Waals surface area (Å²) < 4.78 is 7.12. The van der Waals surface area contributed by atoms with Crippen LogP contribution in [0, 0.1) is 6.92 Å². The van der Waals surface area contributed by atoms with Gasteiger partial charge in [0.1, 0.15) is 0 Å². The first-order valence-electron chi connectivity index (χ1n) is 10.2. The van der Waals surface area contributed by atoms with Crippen molar-refractivity contribution < 1.29 is 14.3 Å². The quantitative estimate of drug-likeness (QED) is 0.413. The van der Waals surface area contributed by atoms with Gasteiger partial charge in [0.15, 0.2) is 5.16 Å². The van der Waals surface area contributed by atoms with Gasteiger partial charge in [-0.05, 0) is 56.5 Å². The number of carbonyl (C=O) groups is 2. The monoisotopic (exact) mass is 425 g/mol. The Balaban J connectivity index is 1.77. The molecule has 0 aliphatic carbocycles. The lowest BCUT2D eigenvalue weighted by Crippen LogP contribution is -2.16. The van der Waals surface area contributed by atoms with Crippen molar-refractivity contribution in [2.24, 2.45) is 0 Å². The fourth-order valence-electron chi connectivity index (χ4n) is 3.37. The van der Waals surface area contributed by atoms with E-state index in [1.165, 1.54) is 11.8 Å². The number of hydrogen-bond acceptors (Lipinski definition) is 5. The average Bonchev–Trinajstić information content (AvgIpc) is 3.10. The minimum absolute atomic E-state index is 0.0640. The van der Waals surface area contributed by atoms with Gasteiger partial charge in [-0.15, -0.1) is 0 Å². The van der Waals surface area contributed by atoms with Gasteiger partial charge in [0.05, 0.1) is 29.0 Å². The molecule has 2 aromatic carbocycles. The molecule has 0 fully saturated rings. The lowest BCUT2D eigenvalue weighted by molar-refractivity contribution is -0.113. The zero-order chi connectivity index (χ0) is 21.7. The molecular weight excluding hydrogens is 398 g/mol. The first-order valence-corrected chi connectivity index (χ1v) is 11.2. The van der Waals surface area contributed by atoms with E-state index in [-0.39, 0.29) is 17.6 Å². The summed E-state index contributed by atoms with van der Waals surface area (Å²) in [6.45, 7) is 8.94. The Morgan fingerprint density at radius 1 is 1.17 bits per heavy atom. The minimum atomic E-state index is -0.357. The van der Waals surface area contributed by atoms with Crippen molar-refractivity contribution in [3.8, 4) is 0 Å². The Morgan fingerprint density at radius 3 is 2.67 bits per heavy atom. The molecule has 6 nitrogen and oxygen atoms in total. The van der Waals surface area contributed by atoms with Gasteiger partial charge < -0.3 is 14.6 Å². The Kier molecular flexibility index (Phi) is 7.15. The van der Waals surface area contributed by atoms with Crippen molar-refractivity contribution in [3.63, 3.8) is 0 Å². The topological polar surface area (TPSA) is 73.2 Å². The van der Waals surface area contributed by atoms with Crippen molar-refractivity contribution in [3.05, 3.63) is 53.1 Å². The lowest BCUT2D eigenvalue weighted by atomic mass is 10.1. The molecule has 1 amide bonds. The van der Waals surface area contributed by atoms with Crippen LogP contribution in [0.3, 0.4) is 0 Å². The van der Waals surface area contributed by atoms with Crippen LogP contribution in [0.2, 0.25) is 0 Å². The van der Waals surface area contributed by atoms with E-state index in [9.17, 15) is 9.59 Å². The summed E-state index contributed by atoms with van der Waals surface area (Å²) in [7, 11) is 0. The molecule has 7 heteroatoms. The van der Waals surface area contributed by atoms with E-state index in [1.807, 2.05) is 42.7 Å². The van der Waals surface area contributed by atoms with E-state index < -0.39 is 0 Å². The summed E-state index contributed by atoms with van der Waals surface area (Å²) in [5.41, 5.74) is 5.21. The molecule has 30 heavy (non-hydrogen) atoms. The number of ether oxygens (including phenoxy) is 1. The van der Waals surface area contributed by atoms with E-state index in [4.69, 9.17) is 4.74 Å². The maximum atomic E-state index is 12.6. The molecule has 0 unspecified atom stereocenters. The third-order valence-corrected chi connectivity index (χ3v) is 5.85. The fourth-order valence-corrected chi connectivity index (χ4v) is 4.25. The molecule has 0 radical (unpaired) electrons. The van der Waals surface area contributed by atoms with Gasteiger partial charge in [-0.3, -0.25) is 4.79 Å². The smallest absolute Gasteiger partial charge is 0.338 e. The van der Waals surface area contributed by atoms with Crippen molar-refractivity contribution in [1.82, 2.24) is 9.55 Å². The van der Waals surface area contributed by atoms with Crippen LogP contribution in [-0.2, 0) is 22.5 Å². The highest BCUT2D eigenvalue weighted by Gasteiger charge is 2.16. The molecular formula is C23H27N3O3S. The molecule has 0 spiro atoms. The van der Waals surface area contributed by atoms with Gasteiger partial charge in [-0.2, -0.15) is 0 Å². The van der Waals surface area contributed by atoms with Crippen LogP contribution in [0.25, 0.3) is 11.0 Å². The highest BCUT2D eigenvalue weighted by atomic mass is 32.2. The molecule has 0 aliphatic heterocycles. The van der Waals surface area contributed by atoms with Crippen molar-refractivity contribution in [2.45, 2.75) is 45.8 Å². The Labute approximate surface area is 181 Å². The molecule has 3 aromatic rings. The number of rotatable bonds is 8. The first-order chi connectivity index (χ1) is 14.5. The molecule has 0 bridgehead atoms. The number of nitrogens with zero attached hydrogens (tertiary/aromatic N) is 2. The predicted molar refractivity (Wildman–Crippen MR) is 121 cm³/mol. The largest absolute Gasteiger partial charge is 0.462 e. The average molecular weight is 426 g/mol. The molecule has 0 aliphatic rings. The number of esters is 1. The van der Waals surface area contributed by atoms with Crippen LogP contribution in [0.5, 0.6) is 0 Å². The van der Waals surface area contributed by atoms with Gasteiger partial charge in [0.25, 0.3) is 0 Å². The summed E-state index contributed by atoms with van der Waals surface area (Å²) in [6.07, 6.45) is 0.860. The molecule has 1 heterocycles. The van der Waals surface area contributed by atoms with Gasteiger partial charge >= 0.3 is 5.97 Å². The SMILES string of the molecule is CCOC(=O)c1ccc2c(c1)nc(SCC(=O)Nc1c(C)cccc1CC)n2CC. The van der Waals surface area contributed by atoms with Gasteiger partial charge in [0.2, 0.25) is 5.91 Å². The zero-order valence-corrected chi connectivity index (χ0v) is 18.6. The van der Waals surface area contributed by atoms with E-state index in [0.29, 0.717) is 12.2 Å². The van der Waals surface area contributed by atoms with Crippen LogP contribution in [-0.4, -0.2) is 33.8 Å². The van der Waals surface area contributed by atoms with Crippen molar-refractivity contribution >= 4 is 40.4 Å². The molecule has 0 saturated heterocycles. The maximum Gasteiger partial charge on any atom is 0.338 e. The zero-order valence-electron chi connectivity index (χ0n) is 17.8. The van der Waals surface area contributed by atoms with Crippen LogP contribution >= 0.6 is 11.8 Å². The number of anilines is 1. The summed E-state index contributed by atoms with van der Waals surface area (Å²) in [5.74, 6) is -0.166. The summed E-state index contributed by atoms with van der Waals surface area (Å²) >= 11 is 1.39. The molecule has 158 valence electrons. The number of hydrogen-bond donors (Lipinski definition) is 1. The third kappa shape index (κ3) is 4.67. The van der Waals surface area contributed by atoms with Crippen LogP contribution in [0.4, 0.5) is 5.69 Å². The molecule has 1 aromatic heterocycles. The number of aryl methyl sites for hydroxylation is 3. The second-order valence-corrected chi connectivity index (χ2v) is 7.80. The summed E-state index contributed by atoms with van der Waals surface area (Å²) in [5, 5.41) is 3.81. The Bertz CT molecular complexity index is 1070. The highest BCUT2D eigenvalue weighted by molar-refractivity contribution is 7.99. The summed E-state index contributed by atoms with van der Waals surface area (Å²) in [6, 6.07) is 11.4. The third-order valence-electron chi connectivity index (χ3n) is 4.88. The minimum Gasteiger partial charge on any atom is -0.462 e. The van der Waals surface area contributed by atoms with E-state index >= 15 is 0 Å². The van der Waals surface area contributed by atoms with Crippen molar-refractivity contribution in [2.75, 3.05) is 17.7 Å². The van der Waals surface area contributed by atoms with E-state index in [1.54, 1.807) is 19.1 Å². The second kappa shape index (κ2) is 9.80. The number of benzene rings is 2. The van der Waals surface area contributed by atoms with Crippen molar-refractivity contribution in [1.29, 1.82) is 0 Å². The number of fused-ring (bicyclic) bond motifs is 1. The number of nitrogens with one attached hydrogen (secondary N) is 1. The lowest BCUT2D eigenvalue weighted by Gasteiger charge is -2.13. The predicted octanol–water partition coefficient (Wildman–Crippen LogP) is 4.83. The first kappa shape index (κ1) is 21.9. The molecule has 0 saturated carbocycles. The number of aromatic nitrogens is 2. The molecule has 3 rings (SSSR count). The number of amides is 1. The highest BCUT2D eigenvalue weighted by Crippen LogP contribution is 2.26. The van der Waals surface area contributed by atoms with Crippen LogP contribution < -0.4 is 5.32 Å². The molecule has 1 N–H and O–H groups in total. The number of carbonyl (C=O) groups excluding carboxylic acids is 2. The Hall–Kier alpha value is -2.80. The van der Waals surface area contributed by atoms with Crippen LogP contribution in [0.1, 0.15) is 42.3 Å². The number of imidazole rings is 1. The fraction of sp³-hybridized carbons (Fsp3) is 0.348. The Morgan fingerprint density at radius 2 is 1.97 bits per heavy atom.